The van der Waals surface area contributed by atoms with Crippen LogP contribution in [0.2, 0.25) is 0 Å². The van der Waals surface area contributed by atoms with Gasteiger partial charge in [-0.1, -0.05) is 11.8 Å². The van der Waals surface area contributed by atoms with Crippen molar-refractivity contribution in [3.05, 3.63) is 0 Å². The highest BCUT2D eigenvalue weighted by Gasteiger charge is 2.28. The first-order valence-corrected chi connectivity index (χ1v) is 6.26. The quantitative estimate of drug-likeness (QED) is 0.751. The van der Waals surface area contributed by atoms with Gasteiger partial charge < -0.3 is 9.84 Å². The summed E-state index contributed by atoms with van der Waals surface area (Å²) in [6.07, 6.45) is 2.45. The Balaban J connectivity index is 2.01. The van der Waals surface area contributed by atoms with Gasteiger partial charge in [-0.05, 0) is 29.7 Å². The standard InChI is InChI=1S/C9H14N4O3S/c1-16-8(15)5-13-9(10-11-12-13)17-7-4-2-3-6(7)14/h6-7,14H,2-5H2,1H3. The van der Waals surface area contributed by atoms with Crippen LogP contribution in [0.15, 0.2) is 5.16 Å². The van der Waals surface area contributed by atoms with E-state index in [9.17, 15) is 9.90 Å². The molecule has 1 aromatic heterocycles. The van der Waals surface area contributed by atoms with Gasteiger partial charge in [-0.2, -0.15) is 0 Å². The Kier molecular flexibility index (Phi) is 3.95. The maximum Gasteiger partial charge on any atom is 0.327 e. The molecule has 0 aliphatic heterocycles. The number of esters is 1. The van der Waals surface area contributed by atoms with Gasteiger partial charge in [0.05, 0.1) is 13.2 Å². The van der Waals surface area contributed by atoms with Crippen LogP contribution in [0, 0.1) is 0 Å². The average molecular weight is 258 g/mol. The lowest BCUT2D eigenvalue weighted by atomic mass is 10.3. The smallest absolute Gasteiger partial charge is 0.327 e. The number of thioether (sulfide) groups is 1. The summed E-state index contributed by atoms with van der Waals surface area (Å²) in [6.45, 7) is -0.00531. The number of aromatic nitrogens is 4. The molecule has 1 saturated carbocycles. The van der Waals surface area contributed by atoms with Crippen LogP contribution in [0.4, 0.5) is 0 Å². The normalized spacial score (nSPS) is 23.9. The average Bonchev–Trinajstić information content (AvgIpc) is 2.90. The zero-order chi connectivity index (χ0) is 12.3. The maximum atomic E-state index is 11.1. The molecule has 0 amide bonds. The van der Waals surface area contributed by atoms with Gasteiger partial charge in [0.2, 0.25) is 5.16 Å². The highest BCUT2D eigenvalue weighted by molar-refractivity contribution is 7.99. The van der Waals surface area contributed by atoms with Gasteiger partial charge in [-0.25, -0.2) is 4.68 Å². The van der Waals surface area contributed by atoms with Crippen molar-refractivity contribution in [1.29, 1.82) is 0 Å². The minimum atomic E-state index is -0.397. The number of rotatable bonds is 4. The number of carbonyl (C=O) groups excluding carboxylic acids is 1. The Hall–Kier alpha value is -1.15. The molecule has 8 heteroatoms. The Morgan fingerprint density at radius 1 is 1.65 bits per heavy atom. The highest BCUT2D eigenvalue weighted by Crippen LogP contribution is 2.33. The van der Waals surface area contributed by atoms with Crippen LogP contribution in [-0.4, -0.2) is 49.7 Å². The second-order valence-corrected chi connectivity index (χ2v) is 5.06. The second-order valence-electron chi connectivity index (χ2n) is 3.85. The Bertz CT molecular complexity index is 397. The molecule has 0 spiro atoms. The van der Waals surface area contributed by atoms with E-state index in [-0.39, 0.29) is 17.9 Å². The first kappa shape index (κ1) is 12.3. The Morgan fingerprint density at radius 2 is 2.47 bits per heavy atom. The van der Waals surface area contributed by atoms with Gasteiger partial charge in [0.1, 0.15) is 6.54 Å². The first-order chi connectivity index (χ1) is 8.20. The molecular weight excluding hydrogens is 244 g/mol. The predicted octanol–water partition coefficient (Wildman–Crippen LogP) is -0.148. The molecule has 1 aliphatic carbocycles. The van der Waals surface area contributed by atoms with Crippen LogP contribution >= 0.6 is 11.8 Å². The number of carbonyl (C=O) groups is 1. The maximum absolute atomic E-state index is 11.1. The van der Waals surface area contributed by atoms with Crippen molar-refractivity contribution in [2.45, 2.75) is 42.3 Å². The van der Waals surface area contributed by atoms with Crippen molar-refractivity contribution < 1.29 is 14.6 Å². The van der Waals surface area contributed by atoms with Crippen LogP contribution in [0.25, 0.3) is 0 Å². The van der Waals surface area contributed by atoms with Crippen molar-refractivity contribution in [3.63, 3.8) is 0 Å². The van der Waals surface area contributed by atoms with E-state index in [0.29, 0.717) is 5.16 Å². The van der Waals surface area contributed by atoms with E-state index in [2.05, 4.69) is 20.3 Å². The van der Waals surface area contributed by atoms with Crippen LogP contribution in [0.1, 0.15) is 19.3 Å². The summed E-state index contributed by atoms with van der Waals surface area (Å²) in [5, 5.41) is 21.5. The predicted molar refractivity (Wildman–Crippen MR) is 59.3 cm³/mol. The van der Waals surface area contributed by atoms with Gasteiger partial charge in [-0.15, -0.1) is 5.10 Å². The highest BCUT2D eigenvalue weighted by atomic mass is 32.2. The molecule has 1 aromatic rings. The van der Waals surface area contributed by atoms with Crippen LogP contribution < -0.4 is 0 Å². The summed E-state index contributed by atoms with van der Waals surface area (Å²) >= 11 is 1.41. The fraction of sp³-hybridized carbons (Fsp3) is 0.778. The van der Waals surface area contributed by atoms with Crippen molar-refractivity contribution in [2.75, 3.05) is 7.11 Å². The third kappa shape index (κ3) is 2.95. The molecule has 1 heterocycles. The van der Waals surface area contributed by atoms with Gasteiger partial charge in [0.25, 0.3) is 0 Å². The molecule has 1 aliphatic rings. The lowest BCUT2D eigenvalue weighted by Crippen LogP contribution is -2.18. The van der Waals surface area contributed by atoms with E-state index in [0.717, 1.165) is 19.3 Å². The van der Waals surface area contributed by atoms with Gasteiger partial charge in [-0.3, -0.25) is 4.79 Å². The van der Waals surface area contributed by atoms with E-state index in [4.69, 9.17) is 0 Å². The Labute approximate surface area is 103 Å². The minimum Gasteiger partial charge on any atom is -0.468 e. The van der Waals surface area contributed by atoms with E-state index in [1.54, 1.807) is 0 Å². The molecule has 7 nitrogen and oxygen atoms in total. The molecule has 0 radical (unpaired) electrons. The zero-order valence-electron chi connectivity index (χ0n) is 9.44. The molecule has 2 rings (SSSR count). The fourth-order valence-electron chi connectivity index (χ4n) is 1.75. The molecule has 1 N–H and O–H groups in total. The van der Waals surface area contributed by atoms with Gasteiger partial charge in [0, 0.05) is 5.25 Å². The second kappa shape index (κ2) is 5.46. The SMILES string of the molecule is COC(=O)Cn1nnnc1SC1CCCC1O. The number of hydrogen-bond donors (Lipinski definition) is 1. The summed E-state index contributed by atoms with van der Waals surface area (Å²) in [7, 11) is 1.32. The van der Waals surface area contributed by atoms with E-state index in [1.165, 1.54) is 23.6 Å². The largest absolute Gasteiger partial charge is 0.468 e. The lowest BCUT2D eigenvalue weighted by molar-refractivity contribution is -0.141. The summed E-state index contributed by atoms with van der Waals surface area (Å²) < 4.78 is 5.95. The van der Waals surface area contributed by atoms with Crippen LogP contribution in [0.3, 0.4) is 0 Å². The van der Waals surface area contributed by atoms with Crippen molar-refractivity contribution in [1.82, 2.24) is 20.2 Å². The molecule has 17 heavy (non-hydrogen) atoms. The number of aliphatic hydroxyl groups excluding tert-OH is 1. The van der Waals surface area contributed by atoms with Crippen molar-refractivity contribution in [3.8, 4) is 0 Å². The molecular formula is C9H14N4O3S. The number of nitrogens with zero attached hydrogens (tertiary/aromatic N) is 4. The topological polar surface area (TPSA) is 90.1 Å². The first-order valence-electron chi connectivity index (χ1n) is 5.38. The number of hydrogen-bond acceptors (Lipinski definition) is 7. The molecule has 1 fully saturated rings. The number of methoxy groups -OCH3 is 1. The third-order valence-corrected chi connectivity index (χ3v) is 4.04. The van der Waals surface area contributed by atoms with E-state index >= 15 is 0 Å². The minimum absolute atomic E-state index is 0.00531. The molecule has 0 bridgehead atoms. The number of tetrazole rings is 1. The molecule has 94 valence electrons. The summed E-state index contributed by atoms with van der Waals surface area (Å²) in [5.74, 6) is -0.397. The van der Waals surface area contributed by atoms with Crippen molar-refractivity contribution in [2.24, 2.45) is 0 Å². The van der Waals surface area contributed by atoms with Gasteiger partial charge in [0.15, 0.2) is 0 Å². The zero-order valence-corrected chi connectivity index (χ0v) is 10.3. The number of ether oxygens (including phenoxy) is 1. The van der Waals surface area contributed by atoms with Crippen molar-refractivity contribution >= 4 is 17.7 Å². The molecule has 0 aromatic carbocycles. The summed E-state index contributed by atoms with van der Waals surface area (Å²) in [5.41, 5.74) is 0. The van der Waals surface area contributed by atoms with Gasteiger partial charge >= 0.3 is 5.97 Å². The fourth-order valence-corrected chi connectivity index (χ4v) is 2.90. The van der Waals surface area contributed by atoms with Crippen LogP contribution in [0.5, 0.6) is 0 Å². The molecule has 2 atom stereocenters. The third-order valence-electron chi connectivity index (χ3n) is 2.68. The summed E-state index contributed by atoms with van der Waals surface area (Å²) in [4.78, 5) is 11.1. The number of aliphatic hydroxyl groups is 1. The molecule has 2 unspecified atom stereocenters. The van der Waals surface area contributed by atoms with E-state index < -0.39 is 5.97 Å². The van der Waals surface area contributed by atoms with E-state index in [1.807, 2.05) is 0 Å². The van der Waals surface area contributed by atoms with Crippen LogP contribution in [-0.2, 0) is 16.1 Å². The monoisotopic (exact) mass is 258 g/mol. The molecule has 0 saturated heterocycles. The summed E-state index contributed by atoms with van der Waals surface area (Å²) in [6, 6.07) is 0. The Morgan fingerprint density at radius 3 is 3.12 bits per heavy atom. The lowest BCUT2D eigenvalue weighted by Gasteiger charge is -2.12.